The van der Waals surface area contributed by atoms with Crippen molar-refractivity contribution in [1.82, 2.24) is 4.98 Å². The van der Waals surface area contributed by atoms with E-state index in [1.165, 1.54) is 32.9 Å². The zero-order valence-electron chi connectivity index (χ0n) is 17.6. The van der Waals surface area contributed by atoms with Crippen molar-refractivity contribution < 1.29 is 9.59 Å². The van der Waals surface area contributed by atoms with E-state index < -0.39 is 0 Å². The lowest BCUT2D eigenvalue weighted by Crippen LogP contribution is -2.33. The van der Waals surface area contributed by atoms with Crippen LogP contribution in [0.4, 0.5) is 5.13 Å². The number of amides is 2. The summed E-state index contributed by atoms with van der Waals surface area (Å²) in [7, 11) is 0. The molecule has 2 saturated carbocycles. The van der Waals surface area contributed by atoms with Gasteiger partial charge in [0.15, 0.2) is 5.13 Å². The first-order chi connectivity index (χ1) is 13.8. The number of imide groups is 1. The molecule has 5 heteroatoms. The molecule has 2 amide bonds. The van der Waals surface area contributed by atoms with E-state index >= 15 is 0 Å². The van der Waals surface area contributed by atoms with Crippen LogP contribution in [0.1, 0.15) is 42.7 Å². The molecule has 4 nitrogen and oxygen atoms in total. The Morgan fingerprint density at radius 1 is 1.03 bits per heavy atom. The Balaban J connectivity index is 1.54. The number of hydrogen-bond donors (Lipinski definition) is 0. The molecule has 0 radical (unpaired) electrons. The number of allylic oxidation sites excluding steroid dienone is 2. The zero-order chi connectivity index (χ0) is 20.6. The number of benzene rings is 1. The number of thiazole rings is 1. The SMILES string of the molecule is CC(C)=C1[C@@H]2CC[C@@H]1[C@@H]1C(=O)N(c3nc(-c4cc(C)ccc4C)c(C)s3)C(=O)[C@H]12. The summed E-state index contributed by atoms with van der Waals surface area (Å²) in [5.74, 6) is 0.0606. The maximum atomic E-state index is 13.4. The monoisotopic (exact) mass is 406 g/mol. The molecule has 0 unspecified atom stereocenters. The van der Waals surface area contributed by atoms with Crippen LogP contribution in [-0.2, 0) is 9.59 Å². The molecule has 1 aromatic carbocycles. The van der Waals surface area contributed by atoms with Crippen LogP contribution in [-0.4, -0.2) is 16.8 Å². The minimum Gasteiger partial charge on any atom is -0.274 e. The van der Waals surface area contributed by atoms with Crippen LogP contribution >= 0.6 is 11.3 Å². The molecule has 2 aliphatic carbocycles. The number of fused-ring (bicyclic) bond motifs is 5. The molecule has 3 aliphatic rings. The first-order valence-corrected chi connectivity index (χ1v) is 11.2. The van der Waals surface area contributed by atoms with Crippen molar-refractivity contribution in [3.05, 3.63) is 45.3 Å². The number of carbonyl (C=O) groups excluding carboxylic acids is 2. The minimum atomic E-state index is -0.181. The van der Waals surface area contributed by atoms with Gasteiger partial charge in [-0.3, -0.25) is 9.59 Å². The van der Waals surface area contributed by atoms with E-state index in [-0.39, 0.29) is 35.5 Å². The first-order valence-electron chi connectivity index (χ1n) is 10.4. The number of aromatic nitrogens is 1. The fourth-order valence-electron chi connectivity index (χ4n) is 5.90. The van der Waals surface area contributed by atoms with Gasteiger partial charge in [0.1, 0.15) is 0 Å². The normalized spacial score (nSPS) is 27.9. The van der Waals surface area contributed by atoms with Gasteiger partial charge in [-0.15, -0.1) is 11.3 Å². The molecular formula is C24H26N2O2S. The van der Waals surface area contributed by atoms with Crippen molar-refractivity contribution in [1.29, 1.82) is 0 Å². The zero-order valence-corrected chi connectivity index (χ0v) is 18.4. The molecule has 29 heavy (non-hydrogen) atoms. The summed E-state index contributed by atoms with van der Waals surface area (Å²) < 4.78 is 0. The molecule has 150 valence electrons. The van der Waals surface area contributed by atoms with Gasteiger partial charge in [0, 0.05) is 10.4 Å². The molecule has 2 bridgehead atoms. The maximum Gasteiger partial charge on any atom is 0.240 e. The standard InChI is InChI=1S/C24H26N2O2S/c1-11(2)18-15-8-9-16(18)20-19(15)22(27)26(23(20)28)24-25-21(14(5)29-24)17-10-12(3)6-7-13(17)4/h6-7,10,15-16,19-20H,8-9H2,1-5H3/t15-,16-,19-,20-/m0/s1. The number of carbonyl (C=O) groups is 2. The third kappa shape index (κ3) is 2.53. The fraction of sp³-hybridized carbons (Fsp3) is 0.458. The molecule has 1 aliphatic heterocycles. The third-order valence-corrected chi connectivity index (χ3v) is 8.01. The van der Waals surface area contributed by atoms with Gasteiger partial charge in [-0.05, 0) is 70.9 Å². The Morgan fingerprint density at radius 3 is 2.24 bits per heavy atom. The highest BCUT2D eigenvalue weighted by molar-refractivity contribution is 7.16. The molecule has 2 aromatic rings. The van der Waals surface area contributed by atoms with Gasteiger partial charge in [-0.25, -0.2) is 9.88 Å². The van der Waals surface area contributed by atoms with Crippen molar-refractivity contribution in [2.24, 2.45) is 23.7 Å². The summed E-state index contributed by atoms with van der Waals surface area (Å²) >= 11 is 1.46. The van der Waals surface area contributed by atoms with Crippen LogP contribution in [0.25, 0.3) is 11.3 Å². The van der Waals surface area contributed by atoms with Crippen LogP contribution in [0.5, 0.6) is 0 Å². The van der Waals surface area contributed by atoms with Crippen LogP contribution in [0.2, 0.25) is 0 Å². The van der Waals surface area contributed by atoms with Gasteiger partial charge in [-0.2, -0.15) is 0 Å². The van der Waals surface area contributed by atoms with Gasteiger partial charge in [0.25, 0.3) is 0 Å². The number of hydrogen-bond acceptors (Lipinski definition) is 4. The van der Waals surface area contributed by atoms with Crippen LogP contribution in [0.3, 0.4) is 0 Å². The summed E-state index contributed by atoms with van der Waals surface area (Å²) in [6.45, 7) is 10.4. The smallest absolute Gasteiger partial charge is 0.240 e. The van der Waals surface area contributed by atoms with E-state index in [1.807, 2.05) is 6.92 Å². The summed E-state index contributed by atoms with van der Waals surface area (Å²) in [6, 6.07) is 6.32. The highest BCUT2D eigenvalue weighted by atomic mass is 32.1. The number of rotatable bonds is 2. The predicted molar refractivity (Wildman–Crippen MR) is 116 cm³/mol. The number of nitrogens with zero attached hydrogens (tertiary/aromatic N) is 2. The van der Waals surface area contributed by atoms with Crippen molar-refractivity contribution in [2.75, 3.05) is 4.90 Å². The minimum absolute atomic E-state index is 0.0350. The summed E-state index contributed by atoms with van der Waals surface area (Å²) in [4.78, 5) is 34.0. The van der Waals surface area contributed by atoms with E-state index in [1.54, 1.807) is 0 Å². The fourth-order valence-corrected chi connectivity index (χ4v) is 6.83. The molecule has 2 heterocycles. The highest BCUT2D eigenvalue weighted by Gasteiger charge is 2.64. The largest absolute Gasteiger partial charge is 0.274 e. The quantitative estimate of drug-likeness (QED) is 0.508. The lowest BCUT2D eigenvalue weighted by molar-refractivity contribution is -0.123. The Bertz CT molecular complexity index is 1060. The highest BCUT2D eigenvalue weighted by Crippen LogP contribution is 2.60. The van der Waals surface area contributed by atoms with Crippen LogP contribution in [0, 0.1) is 44.4 Å². The molecular weight excluding hydrogens is 380 g/mol. The van der Waals surface area contributed by atoms with Crippen molar-refractivity contribution in [3.8, 4) is 11.3 Å². The topological polar surface area (TPSA) is 50.3 Å². The van der Waals surface area contributed by atoms with Crippen LogP contribution in [0.15, 0.2) is 29.3 Å². The molecule has 0 spiro atoms. The second kappa shape index (κ2) is 6.36. The average molecular weight is 407 g/mol. The number of aryl methyl sites for hydroxylation is 3. The van der Waals surface area contributed by atoms with Gasteiger partial charge < -0.3 is 0 Å². The van der Waals surface area contributed by atoms with E-state index in [2.05, 4.69) is 45.9 Å². The lowest BCUT2D eigenvalue weighted by Gasteiger charge is -2.18. The van der Waals surface area contributed by atoms with E-state index in [0.717, 1.165) is 34.5 Å². The molecule has 0 N–H and O–H groups in total. The lowest BCUT2D eigenvalue weighted by atomic mass is 9.81. The predicted octanol–water partition coefficient (Wildman–Crippen LogP) is 5.22. The molecule has 1 saturated heterocycles. The van der Waals surface area contributed by atoms with Crippen molar-refractivity contribution in [2.45, 2.75) is 47.5 Å². The maximum absolute atomic E-state index is 13.4. The molecule has 5 rings (SSSR count). The van der Waals surface area contributed by atoms with Gasteiger partial charge >= 0.3 is 0 Å². The Hall–Kier alpha value is -2.27. The summed E-state index contributed by atoms with van der Waals surface area (Å²) in [5, 5.41) is 0.543. The second-order valence-electron chi connectivity index (χ2n) is 9.03. The Kier molecular flexibility index (Phi) is 4.11. The Labute approximate surface area is 175 Å². The molecule has 4 atom stereocenters. The van der Waals surface area contributed by atoms with Crippen LogP contribution < -0.4 is 4.90 Å². The summed E-state index contributed by atoms with van der Waals surface area (Å²) in [5.41, 5.74) is 6.97. The van der Waals surface area contributed by atoms with E-state index in [0.29, 0.717) is 5.13 Å². The summed E-state index contributed by atoms with van der Waals surface area (Å²) in [6.07, 6.45) is 2.06. The first kappa shape index (κ1) is 18.7. The second-order valence-corrected chi connectivity index (χ2v) is 10.2. The van der Waals surface area contributed by atoms with E-state index in [4.69, 9.17) is 4.98 Å². The molecule has 1 aromatic heterocycles. The van der Waals surface area contributed by atoms with Gasteiger partial charge in [0.2, 0.25) is 11.8 Å². The van der Waals surface area contributed by atoms with Gasteiger partial charge in [-0.1, -0.05) is 28.8 Å². The average Bonchev–Trinajstić information content (AvgIpc) is 3.39. The van der Waals surface area contributed by atoms with Crippen molar-refractivity contribution >= 4 is 28.3 Å². The molecule has 3 fully saturated rings. The van der Waals surface area contributed by atoms with Gasteiger partial charge in [0.05, 0.1) is 17.5 Å². The Morgan fingerprint density at radius 2 is 1.66 bits per heavy atom. The van der Waals surface area contributed by atoms with E-state index in [9.17, 15) is 9.59 Å². The van der Waals surface area contributed by atoms with Crippen molar-refractivity contribution in [3.63, 3.8) is 0 Å². The number of anilines is 1. The third-order valence-electron chi connectivity index (χ3n) is 7.05.